The van der Waals surface area contributed by atoms with Gasteiger partial charge in [0.05, 0.1) is 5.56 Å². The molecule has 1 amide bonds. The van der Waals surface area contributed by atoms with E-state index in [1.165, 1.54) is 19.3 Å². The van der Waals surface area contributed by atoms with Crippen LogP contribution < -0.4 is 0 Å². The number of alkyl halides is 1. The number of phenolic OH excluding ortho intramolecular Hbond substituents is 1. The van der Waals surface area contributed by atoms with Crippen LogP contribution in [0.5, 0.6) is 5.75 Å². The van der Waals surface area contributed by atoms with Gasteiger partial charge in [0.15, 0.2) is 0 Å². The number of hydrogen-bond donors (Lipinski definition) is 1. The van der Waals surface area contributed by atoms with Gasteiger partial charge in [-0.05, 0) is 31.0 Å². The second-order valence-corrected chi connectivity index (χ2v) is 6.85. The molecule has 1 saturated carbocycles. The Hall–Kier alpha value is -0.550. The van der Waals surface area contributed by atoms with Crippen molar-refractivity contribution in [2.75, 3.05) is 11.9 Å². The summed E-state index contributed by atoms with van der Waals surface area (Å²) in [5.74, 6) is -0.0268. The third-order valence-corrected chi connectivity index (χ3v) is 4.64. The minimum atomic E-state index is -0.0682. The van der Waals surface area contributed by atoms with Crippen LogP contribution in [-0.2, 0) is 0 Å². The van der Waals surface area contributed by atoms with Crippen LogP contribution in [0.2, 0.25) is 0 Å². The summed E-state index contributed by atoms with van der Waals surface area (Å²) in [7, 11) is 0. The Kier molecular flexibility index (Phi) is 5.90. The third kappa shape index (κ3) is 3.76. The van der Waals surface area contributed by atoms with Crippen molar-refractivity contribution in [1.29, 1.82) is 0 Å². The fourth-order valence-corrected chi connectivity index (χ4v) is 3.51. The van der Waals surface area contributed by atoms with Gasteiger partial charge < -0.3 is 10.0 Å². The van der Waals surface area contributed by atoms with Crippen molar-refractivity contribution in [3.05, 3.63) is 28.2 Å². The summed E-state index contributed by atoms with van der Waals surface area (Å²) in [5, 5.41) is 10.7. The Labute approximate surface area is 136 Å². The first-order chi connectivity index (χ1) is 9.63. The summed E-state index contributed by atoms with van der Waals surface area (Å²) in [5.41, 5.74) is 0.389. The van der Waals surface area contributed by atoms with Crippen LogP contribution in [0, 0.1) is 0 Å². The normalized spacial score (nSPS) is 16.1. The van der Waals surface area contributed by atoms with Crippen LogP contribution in [0.3, 0.4) is 0 Å². The van der Waals surface area contributed by atoms with Crippen molar-refractivity contribution in [3.8, 4) is 5.75 Å². The zero-order valence-electron chi connectivity index (χ0n) is 11.3. The maximum absolute atomic E-state index is 12.7. The van der Waals surface area contributed by atoms with Gasteiger partial charge >= 0.3 is 0 Å². The first-order valence-corrected chi connectivity index (χ1v) is 8.90. The predicted octanol–water partition coefficient (Wildman–Crippen LogP) is 4.32. The number of nitrogens with zero attached hydrogens (tertiary/aromatic N) is 1. The zero-order chi connectivity index (χ0) is 14.5. The van der Waals surface area contributed by atoms with Gasteiger partial charge in [-0.3, -0.25) is 4.79 Å². The number of amides is 1. The number of rotatable bonds is 4. The molecule has 5 heteroatoms. The van der Waals surface area contributed by atoms with Gasteiger partial charge in [-0.1, -0.05) is 51.1 Å². The molecule has 0 aromatic heterocycles. The minimum Gasteiger partial charge on any atom is -0.507 e. The summed E-state index contributed by atoms with van der Waals surface area (Å²) in [6, 6.07) is 5.35. The predicted molar refractivity (Wildman–Crippen MR) is 87.5 cm³/mol. The Bertz CT molecular complexity index is 473. The van der Waals surface area contributed by atoms with Crippen LogP contribution in [0.4, 0.5) is 0 Å². The molecule has 0 atom stereocenters. The number of carbonyl (C=O) groups excluding carboxylic acids is 1. The van der Waals surface area contributed by atoms with E-state index in [0.717, 1.165) is 22.6 Å². The first kappa shape index (κ1) is 15.8. The Morgan fingerprint density at radius 3 is 2.60 bits per heavy atom. The summed E-state index contributed by atoms with van der Waals surface area (Å²) in [4.78, 5) is 14.6. The van der Waals surface area contributed by atoms with Gasteiger partial charge in [0.25, 0.3) is 5.91 Å². The molecule has 0 heterocycles. The van der Waals surface area contributed by atoms with E-state index in [9.17, 15) is 9.90 Å². The van der Waals surface area contributed by atoms with E-state index in [4.69, 9.17) is 0 Å². The standard InChI is InChI=1S/C15H19Br2NO2/c16-8-9-18(12-4-2-1-3-5-12)15(20)13-7-6-11(17)10-14(13)19/h6-7,10,12,19H,1-5,8-9H2. The lowest BCUT2D eigenvalue weighted by molar-refractivity contribution is 0.0648. The molecular formula is C15H19Br2NO2. The van der Waals surface area contributed by atoms with Crippen LogP contribution in [0.1, 0.15) is 42.5 Å². The van der Waals surface area contributed by atoms with E-state index in [-0.39, 0.29) is 11.7 Å². The van der Waals surface area contributed by atoms with Crippen molar-refractivity contribution in [2.24, 2.45) is 0 Å². The van der Waals surface area contributed by atoms with E-state index in [1.54, 1.807) is 18.2 Å². The highest BCUT2D eigenvalue weighted by molar-refractivity contribution is 9.10. The average Bonchev–Trinajstić information content (AvgIpc) is 2.45. The number of benzene rings is 1. The van der Waals surface area contributed by atoms with Gasteiger partial charge in [0.1, 0.15) is 5.75 Å². The second-order valence-electron chi connectivity index (χ2n) is 5.14. The number of halogens is 2. The molecule has 0 radical (unpaired) electrons. The topological polar surface area (TPSA) is 40.5 Å². The van der Waals surface area contributed by atoms with E-state index in [0.29, 0.717) is 18.2 Å². The Morgan fingerprint density at radius 1 is 1.30 bits per heavy atom. The molecule has 0 aliphatic heterocycles. The van der Waals surface area contributed by atoms with Crippen LogP contribution >= 0.6 is 31.9 Å². The quantitative estimate of drug-likeness (QED) is 0.759. The van der Waals surface area contributed by atoms with Crippen molar-refractivity contribution >= 4 is 37.8 Å². The molecule has 1 N–H and O–H groups in total. The van der Waals surface area contributed by atoms with Crippen LogP contribution in [0.25, 0.3) is 0 Å². The van der Waals surface area contributed by atoms with Gasteiger partial charge in [0, 0.05) is 22.4 Å². The highest BCUT2D eigenvalue weighted by atomic mass is 79.9. The fraction of sp³-hybridized carbons (Fsp3) is 0.533. The van der Waals surface area contributed by atoms with Crippen molar-refractivity contribution in [2.45, 2.75) is 38.1 Å². The molecule has 20 heavy (non-hydrogen) atoms. The monoisotopic (exact) mass is 403 g/mol. The van der Waals surface area contributed by atoms with Crippen molar-refractivity contribution in [1.82, 2.24) is 4.90 Å². The van der Waals surface area contributed by atoms with Crippen LogP contribution in [-0.4, -0.2) is 33.8 Å². The summed E-state index contributed by atoms with van der Waals surface area (Å²) in [6.45, 7) is 0.680. The van der Waals surface area contributed by atoms with Gasteiger partial charge in [-0.25, -0.2) is 0 Å². The molecule has 0 unspecified atom stereocenters. The lowest BCUT2D eigenvalue weighted by atomic mass is 9.93. The lowest BCUT2D eigenvalue weighted by Gasteiger charge is -2.34. The van der Waals surface area contributed by atoms with E-state index in [1.807, 2.05) is 4.90 Å². The molecule has 0 spiro atoms. The summed E-state index contributed by atoms with van der Waals surface area (Å²) >= 11 is 6.72. The largest absolute Gasteiger partial charge is 0.507 e. The minimum absolute atomic E-state index is 0.0414. The molecule has 1 aromatic carbocycles. The fourth-order valence-electron chi connectivity index (χ4n) is 2.77. The Morgan fingerprint density at radius 2 is 2.00 bits per heavy atom. The summed E-state index contributed by atoms with van der Waals surface area (Å²) < 4.78 is 0.774. The zero-order valence-corrected chi connectivity index (χ0v) is 14.5. The number of carbonyl (C=O) groups is 1. The molecule has 1 fully saturated rings. The molecule has 2 rings (SSSR count). The van der Waals surface area contributed by atoms with E-state index >= 15 is 0 Å². The maximum Gasteiger partial charge on any atom is 0.257 e. The molecule has 3 nitrogen and oxygen atoms in total. The average molecular weight is 405 g/mol. The van der Waals surface area contributed by atoms with E-state index < -0.39 is 0 Å². The molecular weight excluding hydrogens is 386 g/mol. The number of phenols is 1. The van der Waals surface area contributed by atoms with Crippen molar-refractivity contribution < 1.29 is 9.90 Å². The Balaban J connectivity index is 2.21. The van der Waals surface area contributed by atoms with Gasteiger partial charge in [0.2, 0.25) is 0 Å². The smallest absolute Gasteiger partial charge is 0.257 e. The lowest BCUT2D eigenvalue weighted by Crippen LogP contribution is -2.42. The van der Waals surface area contributed by atoms with Gasteiger partial charge in [-0.15, -0.1) is 0 Å². The third-order valence-electron chi connectivity index (χ3n) is 3.79. The molecule has 110 valence electrons. The second kappa shape index (κ2) is 7.46. The highest BCUT2D eigenvalue weighted by Gasteiger charge is 2.27. The molecule has 1 aliphatic carbocycles. The molecule has 0 bridgehead atoms. The molecule has 1 aliphatic rings. The first-order valence-electron chi connectivity index (χ1n) is 6.99. The highest BCUT2D eigenvalue weighted by Crippen LogP contribution is 2.28. The molecule has 1 aromatic rings. The number of aromatic hydroxyl groups is 1. The van der Waals surface area contributed by atoms with Gasteiger partial charge in [-0.2, -0.15) is 0 Å². The van der Waals surface area contributed by atoms with E-state index in [2.05, 4.69) is 31.9 Å². The summed E-state index contributed by atoms with van der Waals surface area (Å²) in [6.07, 6.45) is 5.76. The number of hydrogen-bond acceptors (Lipinski definition) is 2. The maximum atomic E-state index is 12.7. The van der Waals surface area contributed by atoms with Crippen LogP contribution in [0.15, 0.2) is 22.7 Å². The molecule has 0 saturated heterocycles. The SMILES string of the molecule is O=C(c1ccc(Br)cc1O)N(CCBr)C1CCCCC1. The van der Waals surface area contributed by atoms with Crippen molar-refractivity contribution in [3.63, 3.8) is 0 Å².